The summed E-state index contributed by atoms with van der Waals surface area (Å²) in [5.74, 6) is 3.05. The van der Waals surface area contributed by atoms with Gasteiger partial charge in [0.2, 0.25) is 0 Å². The first-order valence-corrected chi connectivity index (χ1v) is 7.10. The van der Waals surface area contributed by atoms with Gasteiger partial charge in [0.25, 0.3) is 0 Å². The quantitative estimate of drug-likeness (QED) is 0.883. The van der Waals surface area contributed by atoms with Gasteiger partial charge in [-0.05, 0) is 19.1 Å². The Morgan fingerprint density at radius 2 is 2.00 bits per heavy atom. The van der Waals surface area contributed by atoms with Crippen molar-refractivity contribution in [2.45, 2.75) is 33.2 Å². The third-order valence-corrected chi connectivity index (χ3v) is 2.90. The Morgan fingerprint density at radius 1 is 1.24 bits per heavy atom. The summed E-state index contributed by atoms with van der Waals surface area (Å²) < 4.78 is 11.3. The number of rotatable bonds is 6. The fraction of sp³-hybridized carbons (Fsp3) is 0.375. The highest BCUT2D eigenvalue weighted by Gasteiger charge is 2.11. The zero-order chi connectivity index (χ0) is 15.2. The van der Waals surface area contributed by atoms with Crippen LogP contribution in [0, 0.1) is 0 Å². The first-order chi connectivity index (χ1) is 10.1. The third kappa shape index (κ3) is 3.92. The Hall–Kier alpha value is -2.14. The van der Waals surface area contributed by atoms with Crippen LogP contribution in [0.4, 0.5) is 0 Å². The average molecular weight is 287 g/mol. The SMILES string of the molecule is CCOc1cccc(Oc2cnc(C(C)C)nc2CN)c1. The van der Waals surface area contributed by atoms with E-state index >= 15 is 0 Å². The Labute approximate surface area is 125 Å². The minimum absolute atomic E-state index is 0.255. The molecule has 0 saturated heterocycles. The molecule has 0 aliphatic carbocycles. The Bertz CT molecular complexity index is 600. The molecule has 1 heterocycles. The molecule has 0 radical (unpaired) electrons. The van der Waals surface area contributed by atoms with Crippen molar-refractivity contribution in [1.29, 1.82) is 0 Å². The molecule has 21 heavy (non-hydrogen) atoms. The first-order valence-electron chi connectivity index (χ1n) is 7.10. The van der Waals surface area contributed by atoms with E-state index in [9.17, 15) is 0 Å². The molecule has 112 valence electrons. The molecule has 0 fully saturated rings. The van der Waals surface area contributed by atoms with Crippen LogP contribution in [0.5, 0.6) is 17.2 Å². The van der Waals surface area contributed by atoms with Crippen molar-refractivity contribution in [1.82, 2.24) is 9.97 Å². The number of aromatic nitrogens is 2. The highest BCUT2D eigenvalue weighted by atomic mass is 16.5. The van der Waals surface area contributed by atoms with Crippen LogP contribution in [0.1, 0.15) is 38.2 Å². The zero-order valence-electron chi connectivity index (χ0n) is 12.7. The topological polar surface area (TPSA) is 70.3 Å². The van der Waals surface area contributed by atoms with Gasteiger partial charge in [0.1, 0.15) is 23.0 Å². The number of benzene rings is 1. The lowest BCUT2D eigenvalue weighted by atomic mass is 10.2. The van der Waals surface area contributed by atoms with E-state index in [4.69, 9.17) is 15.2 Å². The predicted octanol–water partition coefficient (Wildman–Crippen LogP) is 3.25. The van der Waals surface area contributed by atoms with Gasteiger partial charge in [-0.15, -0.1) is 0 Å². The van der Waals surface area contributed by atoms with Gasteiger partial charge in [-0.1, -0.05) is 19.9 Å². The van der Waals surface area contributed by atoms with Gasteiger partial charge in [0, 0.05) is 18.5 Å². The van der Waals surface area contributed by atoms with Crippen LogP contribution in [0.2, 0.25) is 0 Å². The van der Waals surface area contributed by atoms with E-state index in [0.29, 0.717) is 30.3 Å². The molecule has 5 heteroatoms. The van der Waals surface area contributed by atoms with Crippen molar-refractivity contribution in [3.63, 3.8) is 0 Å². The smallest absolute Gasteiger partial charge is 0.168 e. The van der Waals surface area contributed by atoms with Crippen LogP contribution in [0.15, 0.2) is 30.5 Å². The molecule has 5 nitrogen and oxygen atoms in total. The van der Waals surface area contributed by atoms with Gasteiger partial charge in [0.05, 0.1) is 12.8 Å². The van der Waals surface area contributed by atoms with Crippen LogP contribution in [-0.2, 0) is 6.54 Å². The lowest BCUT2D eigenvalue weighted by Crippen LogP contribution is -2.07. The maximum atomic E-state index is 5.84. The summed E-state index contributed by atoms with van der Waals surface area (Å²) >= 11 is 0. The number of nitrogens with zero attached hydrogens (tertiary/aromatic N) is 2. The van der Waals surface area contributed by atoms with Crippen LogP contribution >= 0.6 is 0 Å². The molecule has 0 aliphatic heterocycles. The van der Waals surface area contributed by atoms with E-state index in [1.807, 2.05) is 45.0 Å². The van der Waals surface area contributed by atoms with Crippen molar-refractivity contribution in [3.05, 3.63) is 42.0 Å². The molecular weight excluding hydrogens is 266 g/mol. The molecule has 0 amide bonds. The second-order valence-corrected chi connectivity index (χ2v) is 4.91. The van der Waals surface area contributed by atoms with Crippen molar-refractivity contribution >= 4 is 0 Å². The predicted molar refractivity (Wildman–Crippen MR) is 81.7 cm³/mol. The molecule has 1 aromatic carbocycles. The summed E-state index contributed by atoms with van der Waals surface area (Å²) in [6.45, 7) is 6.95. The highest BCUT2D eigenvalue weighted by molar-refractivity contribution is 5.37. The largest absolute Gasteiger partial charge is 0.494 e. The van der Waals surface area contributed by atoms with Gasteiger partial charge in [0.15, 0.2) is 5.75 Å². The molecule has 0 atom stereocenters. The van der Waals surface area contributed by atoms with E-state index in [1.165, 1.54) is 0 Å². The summed E-state index contributed by atoms with van der Waals surface area (Å²) in [6.07, 6.45) is 1.68. The highest BCUT2D eigenvalue weighted by Crippen LogP contribution is 2.27. The molecule has 0 unspecified atom stereocenters. The Morgan fingerprint density at radius 3 is 2.67 bits per heavy atom. The van der Waals surface area contributed by atoms with Crippen LogP contribution in [-0.4, -0.2) is 16.6 Å². The number of hydrogen-bond acceptors (Lipinski definition) is 5. The fourth-order valence-corrected chi connectivity index (χ4v) is 1.85. The first kappa shape index (κ1) is 15.3. The molecular formula is C16H21N3O2. The van der Waals surface area contributed by atoms with Crippen LogP contribution in [0.3, 0.4) is 0 Å². The van der Waals surface area contributed by atoms with E-state index < -0.39 is 0 Å². The van der Waals surface area contributed by atoms with Gasteiger partial charge >= 0.3 is 0 Å². The molecule has 2 rings (SSSR count). The van der Waals surface area contributed by atoms with Crippen molar-refractivity contribution < 1.29 is 9.47 Å². The second kappa shape index (κ2) is 7.04. The number of hydrogen-bond donors (Lipinski definition) is 1. The van der Waals surface area contributed by atoms with E-state index in [-0.39, 0.29) is 5.92 Å². The summed E-state index contributed by atoms with van der Waals surface area (Å²) in [7, 11) is 0. The van der Waals surface area contributed by atoms with Gasteiger partial charge < -0.3 is 15.2 Å². The maximum Gasteiger partial charge on any atom is 0.168 e. The molecule has 0 aliphatic rings. The number of ether oxygens (including phenoxy) is 2. The van der Waals surface area contributed by atoms with Crippen molar-refractivity contribution in [3.8, 4) is 17.2 Å². The molecule has 2 aromatic rings. The lowest BCUT2D eigenvalue weighted by molar-refractivity contribution is 0.338. The van der Waals surface area contributed by atoms with Crippen molar-refractivity contribution in [2.75, 3.05) is 6.61 Å². The van der Waals surface area contributed by atoms with Crippen LogP contribution < -0.4 is 15.2 Å². The summed E-state index contributed by atoms with van der Waals surface area (Å²) in [5.41, 5.74) is 6.46. The lowest BCUT2D eigenvalue weighted by Gasteiger charge is -2.12. The standard InChI is InChI=1S/C16H21N3O2/c1-4-20-12-6-5-7-13(8-12)21-15-10-18-16(11(2)3)19-14(15)9-17/h5-8,10-11H,4,9,17H2,1-3H3. The molecule has 0 saturated carbocycles. The van der Waals surface area contributed by atoms with Gasteiger partial charge in [-0.3, -0.25) is 0 Å². The van der Waals surface area contributed by atoms with Gasteiger partial charge in [-0.25, -0.2) is 9.97 Å². The van der Waals surface area contributed by atoms with E-state index in [0.717, 1.165) is 11.6 Å². The minimum Gasteiger partial charge on any atom is -0.494 e. The van der Waals surface area contributed by atoms with Crippen LogP contribution in [0.25, 0.3) is 0 Å². The van der Waals surface area contributed by atoms with E-state index in [2.05, 4.69) is 9.97 Å². The molecule has 2 N–H and O–H groups in total. The second-order valence-electron chi connectivity index (χ2n) is 4.91. The Balaban J connectivity index is 2.24. The minimum atomic E-state index is 0.255. The number of nitrogens with two attached hydrogens (primary N) is 1. The zero-order valence-corrected chi connectivity index (χ0v) is 12.7. The molecule has 0 bridgehead atoms. The van der Waals surface area contributed by atoms with E-state index in [1.54, 1.807) is 6.20 Å². The fourth-order valence-electron chi connectivity index (χ4n) is 1.85. The van der Waals surface area contributed by atoms with Gasteiger partial charge in [-0.2, -0.15) is 0 Å². The summed E-state index contributed by atoms with van der Waals surface area (Å²) in [4.78, 5) is 8.77. The van der Waals surface area contributed by atoms with Crippen molar-refractivity contribution in [2.24, 2.45) is 5.73 Å². The monoisotopic (exact) mass is 287 g/mol. The normalized spacial score (nSPS) is 10.7. The molecule has 1 aromatic heterocycles. The third-order valence-electron chi connectivity index (χ3n) is 2.90. The molecule has 0 spiro atoms. The summed E-state index contributed by atoms with van der Waals surface area (Å²) in [5, 5.41) is 0. The maximum absolute atomic E-state index is 5.84. The summed E-state index contributed by atoms with van der Waals surface area (Å²) in [6, 6.07) is 7.46. The Kier molecular flexibility index (Phi) is 5.11. The average Bonchev–Trinajstić information content (AvgIpc) is 2.48.